The first-order valence-electron chi connectivity index (χ1n) is 7.89. The van der Waals surface area contributed by atoms with Gasteiger partial charge in [0.05, 0.1) is 5.57 Å². The SMILES string of the molecule is CCN(/C=C(/C(=O)C(=O)N(C)C)c1ccccc1)c1ccccc1. The number of carbonyl (C=O) groups excluding carboxylic acids is 2. The average molecular weight is 322 g/mol. The average Bonchev–Trinajstić information content (AvgIpc) is 2.63. The summed E-state index contributed by atoms with van der Waals surface area (Å²) in [6, 6.07) is 19.1. The van der Waals surface area contributed by atoms with Gasteiger partial charge in [0.1, 0.15) is 0 Å². The maximum atomic E-state index is 12.7. The highest BCUT2D eigenvalue weighted by Gasteiger charge is 2.23. The van der Waals surface area contributed by atoms with Crippen molar-refractivity contribution in [1.82, 2.24) is 4.90 Å². The number of hydrogen-bond donors (Lipinski definition) is 0. The van der Waals surface area contributed by atoms with Crippen LogP contribution in [0.5, 0.6) is 0 Å². The van der Waals surface area contributed by atoms with Crippen LogP contribution in [0.4, 0.5) is 5.69 Å². The Morgan fingerprint density at radius 1 is 0.917 bits per heavy atom. The van der Waals surface area contributed by atoms with Gasteiger partial charge in [-0.25, -0.2) is 0 Å². The standard InChI is InChI=1S/C20H22N2O2/c1-4-22(17-13-9-6-10-14-17)15-18(16-11-7-5-8-12-16)19(23)20(24)21(2)3/h5-15H,4H2,1-3H3/b18-15+. The van der Waals surface area contributed by atoms with E-state index in [0.717, 1.165) is 11.3 Å². The number of hydrogen-bond acceptors (Lipinski definition) is 3. The molecule has 0 heterocycles. The number of Topliss-reactive ketones (excluding diaryl/α,β-unsaturated/α-hetero) is 1. The van der Waals surface area contributed by atoms with E-state index in [9.17, 15) is 9.59 Å². The zero-order valence-electron chi connectivity index (χ0n) is 14.3. The summed E-state index contributed by atoms with van der Waals surface area (Å²) in [5.74, 6) is -1.05. The van der Waals surface area contributed by atoms with Crippen molar-refractivity contribution in [2.45, 2.75) is 6.92 Å². The highest BCUT2D eigenvalue weighted by atomic mass is 16.2. The lowest BCUT2D eigenvalue weighted by molar-refractivity contribution is -0.139. The minimum atomic E-state index is -0.533. The molecule has 2 aromatic rings. The van der Waals surface area contributed by atoms with Gasteiger partial charge in [-0.15, -0.1) is 0 Å². The topological polar surface area (TPSA) is 40.6 Å². The Hall–Kier alpha value is -2.88. The van der Waals surface area contributed by atoms with Crippen LogP contribution in [0.3, 0.4) is 0 Å². The molecule has 0 atom stereocenters. The lowest BCUT2D eigenvalue weighted by Gasteiger charge is -2.21. The molecule has 0 fully saturated rings. The summed E-state index contributed by atoms with van der Waals surface area (Å²) in [5, 5.41) is 0. The predicted molar refractivity (Wildman–Crippen MR) is 97.6 cm³/mol. The van der Waals surface area contributed by atoms with Crippen LogP contribution in [0.2, 0.25) is 0 Å². The molecular weight excluding hydrogens is 300 g/mol. The van der Waals surface area contributed by atoms with Gasteiger partial charge < -0.3 is 9.80 Å². The van der Waals surface area contributed by atoms with Crippen LogP contribution in [0.1, 0.15) is 12.5 Å². The van der Waals surface area contributed by atoms with E-state index in [4.69, 9.17) is 0 Å². The molecule has 0 spiro atoms. The van der Waals surface area contributed by atoms with Gasteiger partial charge in [0.15, 0.2) is 0 Å². The van der Waals surface area contributed by atoms with Crippen LogP contribution in [0.15, 0.2) is 66.9 Å². The number of nitrogens with zero attached hydrogens (tertiary/aromatic N) is 2. The van der Waals surface area contributed by atoms with Crippen LogP contribution >= 0.6 is 0 Å². The van der Waals surface area contributed by atoms with E-state index in [0.29, 0.717) is 12.1 Å². The Labute approximate surface area is 143 Å². The van der Waals surface area contributed by atoms with E-state index in [1.165, 1.54) is 4.90 Å². The van der Waals surface area contributed by atoms with Crippen LogP contribution in [-0.4, -0.2) is 37.2 Å². The second-order valence-corrected chi connectivity index (χ2v) is 5.56. The Kier molecular flexibility index (Phi) is 5.90. The molecule has 2 rings (SSSR count). The second kappa shape index (κ2) is 8.11. The molecule has 0 saturated heterocycles. The molecule has 0 radical (unpaired) electrons. The zero-order valence-corrected chi connectivity index (χ0v) is 14.3. The smallest absolute Gasteiger partial charge is 0.294 e. The number of anilines is 1. The fourth-order valence-electron chi connectivity index (χ4n) is 2.32. The van der Waals surface area contributed by atoms with Crippen molar-refractivity contribution in [3.63, 3.8) is 0 Å². The van der Waals surface area contributed by atoms with Crippen molar-refractivity contribution in [3.8, 4) is 0 Å². The quantitative estimate of drug-likeness (QED) is 0.606. The Balaban J connectivity index is 2.49. The third-order valence-electron chi connectivity index (χ3n) is 3.64. The third-order valence-corrected chi connectivity index (χ3v) is 3.64. The summed E-state index contributed by atoms with van der Waals surface area (Å²) < 4.78 is 0. The highest BCUT2D eigenvalue weighted by Crippen LogP contribution is 2.21. The van der Waals surface area contributed by atoms with Gasteiger partial charge in [-0.2, -0.15) is 0 Å². The van der Waals surface area contributed by atoms with Crippen LogP contribution in [0, 0.1) is 0 Å². The van der Waals surface area contributed by atoms with Gasteiger partial charge in [-0.1, -0.05) is 48.5 Å². The number of likely N-dealkylation sites (N-methyl/N-ethyl adjacent to an activating group) is 1. The number of ketones is 1. The molecule has 4 nitrogen and oxygen atoms in total. The number of amides is 1. The van der Waals surface area contributed by atoms with E-state index < -0.39 is 11.7 Å². The largest absolute Gasteiger partial charge is 0.347 e. The van der Waals surface area contributed by atoms with E-state index in [1.807, 2.05) is 72.5 Å². The first-order valence-corrected chi connectivity index (χ1v) is 7.89. The Bertz CT molecular complexity index is 722. The first kappa shape index (κ1) is 17.5. The molecule has 24 heavy (non-hydrogen) atoms. The molecular formula is C20H22N2O2. The van der Waals surface area contributed by atoms with Crippen molar-refractivity contribution in [2.75, 3.05) is 25.5 Å². The number of carbonyl (C=O) groups is 2. The molecule has 0 unspecified atom stereocenters. The number of rotatable bonds is 6. The summed E-state index contributed by atoms with van der Waals surface area (Å²) in [7, 11) is 3.16. The van der Waals surface area contributed by atoms with Crippen molar-refractivity contribution < 1.29 is 9.59 Å². The maximum absolute atomic E-state index is 12.7. The Morgan fingerprint density at radius 3 is 1.96 bits per heavy atom. The normalized spacial score (nSPS) is 11.0. The van der Waals surface area contributed by atoms with Crippen molar-refractivity contribution in [2.24, 2.45) is 0 Å². The Morgan fingerprint density at radius 2 is 1.46 bits per heavy atom. The molecule has 1 amide bonds. The third kappa shape index (κ3) is 4.10. The minimum absolute atomic E-state index is 0.389. The summed E-state index contributed by atoms with van der Waals surface area (Å²) in [5.41, 5.74) is 2.09. The van der Waals surface area contributed by atoms with Crippen LogP contribution in [0.25, 0.3) is 5.57 Å². The van der Waals surface area contributed by atoms with Crippen molar-refractivity contribution in [1.29, 1.82) is 0 Å². The fraction of sp³-hybridized carbons (Fsp3) is 0.200. The summed E-state index contributed by atoms with van der Waals surface area (Å²) in [4.78, 5) is 28.1. The minimum Gasteiger partial charge on any atom is -0.347 e. The monoisotopic (exact) mass is 322 g/mol. The molecule has 4 heteroatoms. The molecule has 124 valence electrons. The summed E-state index contributed by atoms with van der Waals surface area (Å²) >= 11 is 0. The zero-order chi connectivity index (χ0) is 17.5. The van der Waals surface area contributed by atoms with Gasteiger partial charge in [0, 0.05) is 32.5 Å². The fourth-order valence-corrected chi connectivity index (χ4v) is 2.32. The van der Waals surface area contributed by atoms with Crippen LogP contribution < -0.4 is 4.90 Å². The number of benzene rings is 2. The molecule has 0 N–H and O–H groups in total. The van der Waals surface area contributed by atoms with E-state index in [-0.39, 0.29) is 0 Å². The molecule has 0 saturated carbocycles. The van der Waals surface area contributed by atoms with Crippen LogP contribution in [-0.2, 0) is 9.59 Å². The van der Waals surface area contributed by atoms with Crippen molar-refractivity contribution >= 4 is 23.0 Å². The maximum Gasteiger partial charge on any atom is 0.294 e. The van der Waals surface area contributed by atoms with E-state index in [2.05, 4.69) is 0 Å². The number of para-hydroxylation sites is 1. The first-order chi connectivity index (χ1) is 11.5. The molecule has 0 aromatic heterocycles. The van der Waals surface area contributed by atoms with E-state index >= 15 is 0 Å². The predicted octanol–water partition coefficient (Wildman–Crippen LogP) is 3.21. The van der Waals surface area contributed by atoms with E-state index in [1.54, 1.807) is 20.3 Å². The molecule has 0 aliphatic rings. The van der Waals surface area contributed by atoms with Gasteiger partial charge in [-0.3, -0.25) is 9.59 Å². The molecule has 0 bridgehead atoms. The highest BCUT2D eigenvalue weighted by molar-refractivity contribution is 6.53. The lowest BCUT2D eigenvalue weighted by Crippen LogP contribution is -2.31. The van der Waals surface area contributed by atoms with Crippen molar-refractivity contribution in [3.05, 3.63) is 72.4 Å². The summed E-state index contributed by atoms with van der Waals surface area (Å²) in [6.07, 6.45) is 1.76. The molecule has 2 aromatic carbocycles. The molecule has 0 aliphatic carbocycles. The van der Waals surface area contributed by atoms with Gasteiger partial charge >= 0.3 is 0 Å². The lowest BCUT2D eigenvalue weighted by atomic mass is 10.0. The van der Waals surface area contributed by atoms with Gasteiger partial charge in [-0.05, 0) is 24.6 Å². The molecule has 0 aliphatic heterocycles. The summed E-state index contributed by atoms with van der Waals surface area (Å²) in [6.45, 7) is 2.69. The van der Waals surface area contributed by atoms with Gasteiger partial charge in [0.25, 0.3) is 11.7 Å². The second-order valence-electron chi connectivity index (χ2n) is 5.56. The van der Waals surface area contributed by atoms with Gasteiger partial charge in [0.2, 0.25) is 0 Å².